The number of hydrogen-bond acceptors (Lipinski definition) is 2. The normalized spacial score (nSPS) is 9.80. The number of aryl methyl sites for hydroxylation is 1. The van der Waals surface area contributed by atoms with Crippen molar-refractivity contribution in [1.29, 1.82) is 0 Å². The van der Waals surface area contributed by atoms with Crippen molar-refractivity contribution in [2.75, 3.05) is 0 Å². The Morgan fingerprint density at radius 1 is 1.80 bits per heavy atom. The van der Waals surface area contributed by atoms with E-state index in [1.807, 2.05) is 13.8 Å². The monoisotopic (exact) mass is 138 g/mol. The highest BCUT2D eigenvalue weighted by molar-refractivity contribution is 5.93. The maximum atomic E-state index is 10.9. The number of nitrogens with zero attached hydrogens (tertiary/aromatic N) is 1. The van der Waals surface area contributed by atoms with E-state index < -0.39 is 0 Å². The highest BCUT2D eigenvalue weighted by Crippen LogP contribution is 2.00. The molecule has 0 aromatic carbocycles. The van der Waals surface area contributed by atoms with Crippen LogP contribution in [0.5, 0.6) is 0 Å². The molecule has 0 aliphatic heterocycles. The zero-order valence-electron chi connectivity index (χ0n) is 6.14. The Kier molecular flexibility index (Phi) is 1.85. The summed E-state index contributed by atoms with van der Waals surface area (Å²) in [7, 11) is 0. The van der Waals surface area contributed by atoms with Gasteiger partial charge in [-0.2, -0.15) is 5.10 Å². The van der Waals surface area contributed by atoms with Gasteiger partial charge in [-0.15, -0.1) is 0 Å². The van der Waals surface area contributed by atoms with Crippen LogP contribution in [0.15, 0.2) is 6.07 Å². The molecule has 1 rings (SSSR count). The summed E-state index contributed by atoms with van der Waals surface area (Å²) in [6.45, 7) is 3.70. The Morgan fingerprint density at radius 3 is 2.90 bits per heavy atom. The molecular weight excluding hydrogens is 128 g/mol. The Balaban J connectivity index is 2.85. The SMILES string of the molecule is CCC(=O)c1cc(C)[nH]n1. The number of carbonyl (C=O) groups is 1. The van der Waals surface area contributed by atoms with E-state index in [9.17, 15) is 4.79 Å². The molecule has 1 aromatic rings. The Morgan fingerprint density at radius 2 is 2.50 bits per heavy atom. The zero-order chi connectivity index (χ0) is 7.56. The van der Waals surface area contributed by atoms with Gasteiger partial charge in [0, 0.05) is 12.1 Å². The largest absolute Gasteiger partial charge is 0.292 e. The summed E-state index contributed by atoms with van der Waals surface area (Å²) in [5, 5.41) is 6.52. The summed E-state index contributed by atoms with van der Waals surface area (Å²) < 4.78 is 0. The fourth-order valence-electron chi connectivity index (χ4n) is 0.742. The minimum Gasteiger partial charge on any atom is -0.292 e. The molecule has 1 aromatic heterocycles. The average Bonchev–Trinajstić information content (AvgIpc) is 2.34. The molecule has 54 valence electrons. The first-order valence-electron chi connectivity index (χ1n) is 3.29. The molecule has 0 unspecified atom stereocenters. The molecule has 10 heavy (non-hydrogen) atoms. The number of Topliss-reactive ketones (excluding diaryl/α,β-unsaturated/α-hetero) is 1. The van der Waals surface area contributed by atoms with Gasteiger partial charge in [-0.1, -0.05) is 6.92 Å². The first-order valence-corrected chi connectivity index (χ1v) is 3.29. The van der Waals surface area contributed by atoms with Crippen LogP contribution in [0.1, 0.15) is 29.5 Å². The molecule has 0 saturated carbocycles. The van der Waals surface area contributed by atoms with Crippen molar-refractivity contribution in [2.45, 2.75) is 20.3 Å². The molecule has 3 nitrogen and oxygen atoms in total. The lowest BCUT2D eigenvalue weighted by Gasteiger charge is -1.85. The van der Waals surface area contributed by atoms with Gasteiger partial charge in [-0.05, 0) is 13.0 Å². The molecule has 3 heteroatoms. The van der Waals surface area contributed by atoms with E-state index in [1.165, 1.54) is 0 Å². The van der Waals surface area contributed by atoms with Crippen LogP contribution >= 0.6 is 0 Å². The van der Waals surface area contributed by atoms with Crippen LogP contribution in [0.25, 0.3) is 0 Å². The first-order chi connectivity index (χ1) is 4.74. The summed E-state index contributed by atoms with van der Waals surface area (Å²) in [5.74, 6) is 0.0874. The lowest BCUT2D eigenvalue weighted by Crippen LogP contribution is -1.95. The fourth-order valence-corrected chi connectivity index (χ4v) is 0.742. The fraction of sp³-hybridized carbons (Fsp3) is 0.429. The molecular formula is C7H10N2O. The second-order valence-electron chi connectivity index (χ2n) is 2.21. The van der Waals surface area contributed by atoms with Crippen molar-refractivity contribution in [3.63, 3.8) is 0 Å². The second-order valence-corrected chi connectivity index (χ2v) is 2.21. The van der Waals surface area contributed by atoms with Gasteiger partial charge >= 0.3 is 0 Å². The number of hydrogen-bond donors (Lipinski definition) is 1. The highest BCUT2D eigenvalue weighted by atomic mass is 16.1. The van der Waals surface area contributed by atoms with Crippen LogP contribution in [-0.4, -0.2) is 16.0 Å². The lowest BCUT2D eigenvalue weighted by molar-refractivity contribution is 0.0983. The zero-order valence-corrected chi connectivity index (χ0v) is 6.14. The third kappa shape index (κ3) is 1.23. The van der Waals surface area contributed by atoms with Crippen molar-refractivity contribution < 1.29 is 4.79 Å². The first kappa shape index (κ1) is 6.99. The third-order valence-corrected chi connectivity index (χ3v) is 1.31. The van der Waals surface area contributed by atoms with Crippen molar-refractivity contribution in [1.82, 2.24) is 10.2 Å². The number of rotatable bonds is 2. The van der Waals surface area contributed by atoms with Crippen molar-refractivity contribution in [3.05, 3.63) is 17.5 Å². The van der Waals surface area contributed by atoms with Crippen LogP contribution in [0, 0.1) is 6.92 Å². The van der Waals surface area contributed by atoms with Crippen molar-refractivity contribution in [2.24, 2.45) is 0 Å². The quantitative estimate of drug-likeness (QED) is 0.626. The Bertz CT molecular complexity index is 240. The van der Waals surface area contributed by atoms with Crippen LogP contribution < -0.4 is 0 Å². The van der Waals surface area contributed by atoms with E-state index in [0.29, 0.717) is 12.1 Å². The van der Waals surface area contributed by atoms with E-state index in [-0.39, 0.29) is 5.78 Å². The van der Waals surface area contributed by atoms with Crippen LogP contribution in [-0.2, 0) is 0 Å². The number of H-pyrrole nitrogens is 1. The van der Waals surface area contributed by atoms with Gasteiger partial charge in [0.05, 0.1) is 0 Å². The molecule has 0 radical (unpaired) electrons. The molecule has 0 aliphatic rings. The highest BCUT2D eigenvalue weighted by Gasteiger charge is 2.04. The van der Waals surface area contributed by atoms with E-state index in [4.69, 9.17) is 0 Å². The summed E-state index contributed by atoms with van der Waals surface area (Å²) in [5.41, 5.74) is 1.47. The molecule has 1 N–H and O–H groups in total. The maximum absolute atomic E-state index is 10.9. The van der Waals surface area contributed by atoms with Gasteiger partial charge in [-0.3, -0.25) is 9.89 Å². The molecule has 0 atom stereocenters. The molecule has 0 spiro atoms. The van der Waals surface area contributed by atoms with E-state index >= 15 is 0 Å². The minimum atomic E-state index is 0.0874. The molecule has 0 amide bonds. The predicted octanol–water partition coefficient (Wildman–Crippen LogP) is 1.31. The van der Waals surface area contributed by atoms with Crippen molar-refractivity contribution >= 4 is 5.78 Å². The van der Waals surface area contributed by atoms with E-state index in [1.54, 1.807) is 6.07 Å². The van der Waals surface area contributed by atoms with Gasteiger partial charge in [0.2, 0.25) is 0 Å². The predicted molar refractivity (Wildman–Crippen MR) is 37.9 cm³/mol. The van der Waals surface area contributed by atoms with E-state index in [2.05, 4.69) is 10.2 Å². The minimum absolute atomic E-state index is 0.0874. The van der Waals surface area contributed by atoms with Gasteiger partial charge < -0.3 is 0 Å². The van der Waals surface area contributed by atoms with Gasteiger partial charge in [0.25, 0.3) is 0 Å². The number of nitrogens with one attached hydrogen (secondary N) is 1. The number of ketones is 1. The smallest absolute Gasteiger partial charge is 0.182 e. The number of aromatic nitrogens is 2. The van der Waals surface area contributed by atoms with Gasteiger partial charge in [0.15, 0.2) is 5.78 Å². The molecule has 1 heterocycles. The summed E-state index contributed by atoms with van der Waals surface area (Å²) >= 11 is 0. The summed E-state index contributed by atoms with van der Waals surface area (Å²) in [4.78, 5) is 10.9. The number of carbonyl (C=O) groups excluding carboxylic acids is 1. The van der Waals surface area contributed by atoms with Crippen LogP contribution in [0.2, 0.25) is 0 Å². The van der Waals surface area contributed by atoms with Crippen LogP contribution in [0.4, 0.5) is 0 Å². The summed E-state index contributed by atoms with van der Waals surface area (Å²) in [6.07, 6.45) is 0.518. The molecule has 0 saturated heterocycles. The molecule has 0 fully saturated rings. The summed E-state index contributed by atoms with van der Waals surface area (Å²) in [6, 6.07) is 1.76. The van der Waals surface area contributed by atoms with Gasteiger partial charge in [0.1, 0.15) is 5.69 Å². The third-order valence-electron chi connectivity index (χ3n) is 1.31. The lowest BCUT2D eigenvalue weighted by atomic mass is 10.2. The standard InChI is InChI=1S/C7H10N2O/c1-3-7(10)6-4-5(2)8-9-6/h4H,3H2,1-2H3,(H,8,9). The molecule has 0 aliphatic carbocycles. The molecule has 0 bridgehead atoms. The average molecular weight is 138 g/mol. The second kappa shape index (κ2) is 2.64. The van der Waals surface area contributed by atoms with Crippen LogP contribution in [0.3, 0.4) is 0 Å². The maximum Gasteiger partial charge on any atom is 0.182 e. The Hall–Kier alpha value is -1.12. The van der Waals surface area contributed by atoms with Crippen molar-refractivity contribution in [3.8, 4) is 0 Å². The Labute approximate surface area is 59.4 Å². The van der Waals surface area contributed by atoms with Gasteiger partial charge in [-0.25, -0.2) is 0 Å². The topological polar surface area (TPSA) is 45.8 Å². The van der Waals surface area contributed by atoms with E-state index in [0.717, 1.165) is 5.69 Å². The number of aromatic amines is 1.